The van der Waals surface area contributed by atoms with E-state index in [-0.39, 0.29) is 30.0 Å². The fourth-order valence-corrected chi connectivity index (χ4v) is 5.64. The predicted octanol–water partition coefficient (Wildman–Crippen LogP) is 4.09. The molecular weight excluding hydrogens is 366 g/mol. The zero-order valence-corrected chi connectivity index (χ0v) is 15.4. The average molecular weight is 388 g/mol. The summed E-state index contributed by atoms with van der Waals surface area (Å²) in [6.07, 6.45) is 6.21. The fraction of sp³-hybridized carbons (Fsp3) is 0.524. The van der Waals surface area contributed by atoms with Gasteiger partial charge in [-0.1, -0.05) is 11.2 Å². The van der Waals surface area contributed by atoms with E-state index in [1.807, 2.05) is 0 Å². The number of benzene rings is 1. The van der Waals surface area contributed by atoms with Gasteiger partial charge < -0.3 is 14.6 Å². The van der Waals surface area contributed by atoms with Crippen LogP contribution in [0.4, 0.5) is 8.78 Å². The van der Waals surface area contributed by atoms with Crippen molar-refractivity contribution >= 4 is 5.91 Å². The molecule has 0 unspecified atom stereocenters. The summed E-state index contributed by atoms with van der Waals surface area (Å²) in [5.74, 6) is 0.730. The summed E-state index contributed by atoms with van der Waals surface area (Å²) in [5, 5.41) is 6.96. The lowest BCUT2D eigenvalue weighted by molar-refractivity contribution is -0.0120. The Morgan fingerprint density at radius 2 is 1.75 bits per heavy atom. The van der Waals surface area contributed by atoms with Gasteiger partial charge in [0.1, 0.15) is 6.61 Å². The van der Waals surface area contributed by atoms with Crippen LogP contribution in [0, 0.1) is 35.3 Å². The number of carbonyl (C=O) groups excluding carboxylic acids is 1. The first kappa shape index (κ1) is 17.6. The molecule has 0 spiro atoms. The highest BCUT2D eigenvalue weighted by Crippen LogP contribution is 2.53. The fourth-order valence-electron chi connectivity index (χ4n) is 5.64. The van der Waals surface area contributed by atoms with Crippen LogP contribution in [0.3, 0.4) is 0 Å². The minimum Gasteiger partial charge on any atom is -0.479 e. The average Bonchev–Trinajstić information content (AvgIpc) is 3.13. The van der Waals surface area contributed by atoms with Crippen LogP contribution in [-0.4, -0.2) is 17.1 Å². The molecule has 1 amide bonds. The molecule has 5 nitrogen and oxygen atoms in total. The van der Waals surface area contributed by atoms with E-state index >= 15 is 0 Å². The maximum atomic E-state index is 13.6. The summed E-state index contributed by atoms with van der Waals surface area (Å²) in [7, 11) is 0. The molecule has 1 heterocycles. The van der Waals surface area contributed by atoms with Crippen molar-refractivity contribution in [3.05, 3.63) is 47.4 Å². The highest BCUT2D eigenvalue weighted by atomic mass is 19.1. The quantitative estimate of drug-likeness (QED) is 0.838. The molecule has 7 heteroatoms. The molecule has 6 rings (SSSR count). The number of nitrogens with one attached hydrogen (secondary N) is 1. The number of rotatable bonds is 5. The number of amides is 1. The Labute approximate surface area is 161 Å². The zero-order chi connectivity index (χ0) is 19.3. The number of hydrogen-bond acceptors (Lipinski definition) is 4. The van der Waals surface area contributed by atoms with E-state index in [1.54, 1.807) is 0 Å². The lowest BCUT2D eigenvalue weighted by Crippen LogP contribution is -2.55. The smallest absolute Gasteiger partial charge is 0.273 e. The molecular formula is C21H22F2N2O3. The van der Waals surface area contributed by atoms with Crippen LogP contribution >= 0.6 is 0 Å². The third-order valence-corrected chi connectivity index (χ3v) is 6.59. The van der Waals surface area contributed by atoms with E-state index in [0.29, 0.717) is 11.8 Å². The third kappa shape index (κ3) is 3.16. The van der Waals surface area contributed by atoms with Gasteiger partial charge in [-0.3, -0.25) is 4.79 Å². The molecule has 28 heavy (non-hydrogen) atoms. The minimum absolute atomic E-state index is 0.168. The van der Waals surface area contributed by atoms with Gasteiger partial charge in [-0.2, -0.15) is 0 Å². The number of para-hydroxylation sites is 1. The minimum atomic E-state index is -0.792. The highest BCUT2D eigenvalue weighted by molar-refractivity contribution is 5.92. The molecule has 4 aliphatic carbocycles. The largest absolute Gasteiger partial charge is 0.479 e. The van der Waals surface area contributed by atoms with Crippen LogP contribution in [0.1, 0.15) is 48.4 Å². The van der Waals surface area contributed by atoms with Crippen LogP contribution in [0.5, 0.6) is 5.75 Å². The van der Waals surface area contributed by atoms with E-state index in [2.05, 4.69) is 10.5 Å². The number of halogens is 2. The van der Waals surface area contributed by atoms with Crippen molar-refractivity contribution in [2.75, 3.05) is 0 Å². The first-order valence-corrected chi connectivity index (χ1v) is 9.90. The SMILES string of the molecule is O=C(NC1C2CC3CC(C2)CC1C3)c1cc(COc2c(F)cccc2F)on1. The van der Waals surface area contributed by atoms with E-state index < -0.39 is 17.4 Å². The maximum Gasteiger partial charge on any atom is 0.273 e. The van der Waals surface area contributed by atoms with Crippen molar-refractivity contribution in [2.45, 2.75) is 44.8 Å². The van der Waals surface area contributed by atoms with E-state index in [1.165, 1.54) is 44.2 Å². The van der Waals surface area contributed by atoms with Crippen molar-refractivity contribution in [3.8, 4) is 5.75 Å². The highest BCUT2D eigenvalue weighted by Gasteiger charge is 2.48. The molecule has 4 aliphatic rings. The van der Waals surface area contributed by atoms with Crippen LogP contribution in [0.15, 0.2) is 28.8 Å². The second kappa shape index (κ2) is 6.87. The number of aromatic nitrogens is 1. The van der Waals surface area contributed by atoms with Crippen molar-refractivity contribution in [1.82, 2.24) is 10.5 Å². The van der Waals surface area contributed by atoms with Crippen molar-refractivity contribution < 1.29 is 22.8 Å². The van der Waals surface area contributed by atoms with Gasteiger partial charge in [0.05, 0.1) is 0 Å². The maximum absolute atomic E-state index is 13.6. The Balaban J connectivity index is 1.22. The second-order valence-electron chi connectivity index (χ2n) is 8.45. The van der Waals surface area contributed by atoms with Crippen LogP contribution in [0.25, 0.3) is 0 Å². The summed E-state index contributed by atoms with van der Waals surface area (Å²) in [4.78, 5) is 12.6. The van der Waals surface area contributed by atoms with Gasteiger partial charge >= 0.3 is 0 Å². The first-order chi connectivity index (χ1) is 13.6. The molecule has 1 aromatic carbocycles. The first-order valence-electron chi connectivity index (χ1n) is 9.90. The Bertz CT molecular complexity index is 849. The zero-order valence-electron chi connectivity index (χ0n) is 15.4. The van der Waals surface area contributed by atoms with Gasteiger partial charge in [0.2, 0.25) is 0 Å². The predicted molar refractivity (Wildman–Crippen MR) is 95.5 cm³/mol. The molecule has 0 saturated heterocycles. The summed E-state index contributed by atoms with van der Waals surface area (Å²) < 4.78 is 37.5. The Hall–Kier alpha value is -2.44. The molecule has 1 aromatic heterocycles. The standard InChI is InChI=1S/C21H22F2N2O3/c22-16-2-1-3-17(23)20(16)27-10-15-9-18(25-28-15)21(26)24-19-13-5-11-4-12(7-13)8-14(19)6-11/h1-3,9,11-14,19H,4-8,10H2,(H,24,26). The van der Waals surface area contributed by atoms with Gasteiger partial charge in [0.15, 0.2) is 28.8 Å². The van der Waals surface area contributed by atoms with Crippen LogP contribution in [-0.2, 0) is 6.61 Å². The van der Waals surface area contributed by atoms with Gasteiger partial charge in [-0.25, -0.2) is 8.78 Å². The normalized spacial score (nSPS) is 30.4. The van der Waals surface area contributed by atoms with Crippen molar-refractivity contribution in [2.24, 2.45) is 23.7 Å². The number of carbonyl (C=O) groups is 1. The lowest BCUT2D eigenvalue weighted by Gasteiger charge is -2.54. The number of ether oxygens (including phenoxy) is 1. The van der Waals surface area contributed by atoms with E-state index in [9.17, 15) is 13.6 Å². The van der Waals surface area contributed by atoms with Crippen molar-refractivity contribution in [1.29, 1.82) is 0 Å². The molecule has 4 saturated carbocycles. The topological polar surface area (TPSA) is 64.4 Å². The van der Waals surface area contributed by atoms with Crippen LogP contribution < -0.4 is 10.1 Å². The van der Waals surface area contributed by atoms with Crippen LogP contribution in [0.2, 0.25) is 0 Å². The summed E-state index contributed by atoms with van der Waals surface area (Å²) in [6.45, 7) is -0.212. The number of nitrogens with zero attached hydrogens (tertiary/aromatic N) is 1. The van der Waals surface area contributed by atoms with Gasteiger partial charge in [-0.15, -0.1) is 0 Å². The summed E-state index contributed by atoms with van der Waals surface area (Å²) in [6, 6.07) is 5.16. The Kier molecular flexibility index (Phi) is 4.33. The monoisotopic (exact) mass is 388 g/mol. The number of hydrogen-bond donors (Lipinski definition) is 1. The Morgan fingerprint density at radius 1 is 1.11 bits per heavy atom. The van der Waals surface area contributed by atoms with Crippen molar-refractivity contribution in [3.63, 3.8) is 0 Å². The van der Waals surface area contributed by atoms with Gasteiger partial charge in [0.25, 0.3) is 5.91 Å². The molecule has 4 fully saturated rings. The molecule has 2 aromatic rings. The van der Waals surface area contributed by atoms with E-state index in [4.69, 9.17) is 9.26 Å². The summed E-state index contributed by atoms with van der Waals surface area (Å²) >= 11 is 0. The Morgan fingerprint density at radius 3 is 2.39 bits per heavy atom. The molecule has 0 atom stereocenters. The molecule has 148 valence electrons. The molecule has 4 bridgehead atoms. The van der Waals surface area contributed by atoms with E-state index in [0.717, 1.165) is 24.0 Å². The molecule has 0 aliphatic heterocycles. The lowest BCUT2D eigenvalue weighted by atomic mass is 9.54. The molecule has 1 N–H and O–H groups in total. The molecule has 0 radical (unpaired) electrons. The second-order valence-corrected chi connectivity index (χ2v) is 8.45. The summed E-state index contributed by atoms with van der Waals surface area (Å²) in [5.41, 5.74) is 0.168. The van der Waals surface area contributed by atoms with Gasteiger partial charge in [0, 0.05) is 12.1 Å². The van der Waals surface area contributed by atoms with Gasteiger partial charge in [-0.05, 0) is 67.9 Å². The third-order valence-electron chi connectivity index (χ3n) is 6.59.